The summed E-state index contributed by atoms with van der Waals surface area (Å²) >= 11 is 0. The van der Waals surface area contributed by atoms with Crippen molar-refractivity contribution in [2.45, 2.75) is 13.3 Å². The highest BCUT2D eigenvalue weighted by atomic mass is 15.4. The summed E-state index contributed by atoms with van der Waals surface area (Å²) in [5.74, 6) is 2.28. The van der Waals surface area contributed by atoms with Gasteiger partial charge in [-0.1, -0.05) is 85.8 Å². The van der Waals surface area contributed by atoms with Gasteiger partial charge in [0.25, 0.3) is 0 Å². The Kier molecular flexibility index (Phi) is 5.51. The van der Waals surface area contributed by atoms with E-state index in [1.807, 2.05) is 29.1 Å². The first-order valence-electron chi connectivity index (χ1n) is 13.2. The molecular weight excluding hydrogens is 464 g/mol. The first-order valence-corrected chi connectivity index (χ1v) is 13.2. The number of hydrogen-bond acceptors (Lipinski definition) is 3. The molecule has 0 aliphatic carbocycles. The summed E-state index contributed by atoms with van der Waals surface area (Å²) in [6, 6.07) is 40.6. The van der Waals surface area contributed by atoms with Crippen molar-refractivity contribution in [2.75, 3.05) is 11.4 Å². The molecule has 0 N–H and O–H groups in total. The number of para-hydroxylation sites is 1. The number of nitrogens with zero attached hydrogens (tertiary/aromatic N) is 4. The van der Waals surface area contributed by atoms with Gasteiger partial charge in [-0.15, -0.1) is 5.10 Å². The maximum atomic E-state index is 5.20. The second-order valence-electron chi connectivity index (χ2n) is 10.1. The van der Waals surface area contributed by atoms with Gasteiger partial charge in [-0.05, 0) is 76.6 Å². The van der Waals surface area contributed by atoms with E-state index in [1.54, 1.807) is 0 Å². The predicted octanol–water partition coefficient (Wildman–Crippen LogP) is 8.08. The van der Waals surface area contributed by atoms with Crippen LogP contribution < -0.4 is 4.90 Å². The molecule has 0 saturated heterocycles. The Morgan fingerprint density at radius 3 is 2.18 bits per heavy atom. The van der Waals surface area contributed by atoms with Crippen LogP contribution in [0.15, 0.2) is 121 Å². The van der Waals surface area contributed by atoms with Gasteiger partial charge in [0.2, 0.25) is 0 Å². The summed E-state index contributed by atoms with van der Waals surface area (Å²) in [6.45, 7) is 3.25. The zero-order valence-electron chi connectivity index (χ0n) is 21.3. The maximum Gasteiger partial charge on any atom is 0.163 e. The molecule has 0 amide bonds. The lowest BCUT2D eigenvalue weighted by molar-refractivity contribution is 0.560. The number of pyridine rings is 1. The zero-order valence-corrected chi connectivity index (χ0v) is 21.3. The van der Waals surface area contributed by atoms with Gasteiger partial charge in [0, 0.05) is 23.8 Å². The Bertz CT molecular complexity index is 1720. The molecule has 3 heterocycles. The summed E-state index contributed by atoms with van der Waals surface area (Å²) < 4.78 is 1.97. The number of aromatic nitrogens is 3. The molecule has 184 valence electrons. The van der Waals surface area contributed by atoms with Crippen LogP contribution in [0.2, 0.25) is 0 Å². The van der Waals surface area contributed by atoms with E-state index in [0.717, 1.165) is 35.5 Å². The van der Waals surface area contributed by atoms with Crippen molar-refractivity contribution in [3.8, 4) is 28.1 Å². The van der Waals surface area contributed by atoms with Crippen molar-refractivity contribution in [1.29, 1.82) is 0 Å². The Morgan fingerprint density at radius 1 is 0.711 bits per heavy atom. The molecule has 1 aliphatic heterocycles. The molecule has 0 saturated carbocycles. The van der Waals surface area contributed by atoms with Crippen molar-refractivity contribution in [3.05, 3.63) is 127 Å². The predicted molar refractivity (Wildman–Crippen MR) is 156 cm³/mol. The molecule has 0 bridgehead atoms. The highest BCUT2D eigenvalue weighted by Gasteiger charge is 2.29. The average molecular weight is 493 g/mol. The lowest BCUT2D eigenvalue weighted by Gasteiger charge is -2.35. The molecule has 7 rings (SSSR count). The third-order valence-corrected chi connectivity index (χ3v) is 7.45. The van der Waals surface area contributed by atoms with Crippen LogP contribution in [0.25, 0.3) is 39.0 Å². The van der Waals surface area contributed by atoms with Gasteiger partial charge >= 0.3 is 0 Å². The van der Waals surface area contributed by atoms with Crippen LogP contribution in [0.4, 0.5) is 11.5 Å². The lowest BCUT2D eigenvalue weighted by atomic mass is 9.85. The standard InChI is InChI=1S/C34H28N4/c1-24-20-30-29(26-14-6-3-7-15-26)21-27(25-12-4-2-5-13-25)22-32(30)37(23-24)34-28-16-8-9-17-31(28)38(36-34)33-18-10-11-19-35-33/h2-19,21-22,24H,20,23H2,1H3. The highest BCUT2D eigenvalue weighted by Crippen LogP contribution is 2.44. The lowest BCUT2D eigenvalue weighted by Crippen LogP contribution is -2.31. The fraction of sp³-hybridized carbons (Fsp3) is 0.118. The summed E-state index contributed by atoms with van der Waals surface area (Å²) in [6.07, 6.45) is 2.85. The fourth-order valence-corrected chi connectivity index (χ4v) is 5.71. The van der Waals surface area contributed by atoms with Crippen molar-refractivity contribution in [2.24, 2.45) is 5.92 Å². The highest BCUT2D eigenvalue weighted by molar-refractivity contribution is 5.95. The molecule has 0 radical (unpaired) electrons. The summed E-state index contributed by atoms with van der Waals surface area (Å²) in [5.41, 5.74) is 8.66. The molecule has 1 unspecified atom stereocenters. The molecule has 38 heavy (non-hydrogen) atoms. The summed E-state index contributed by atoms with van der Waals surface area (Å²) in [4.78, 5) is 7.04. The van der Waals surface area contributed by atoms with Gasteiger partial charge in [0.05, 0.1) is 5.52 Å². The summed E-state index contributed by atoms with van der Waals surface area (Å²) in [5, 5.41) is 6.33. The topological polar surface area (TPSA) is 34.0 Å². The SMILES string of the molecule is CC1Cc2c(-c3ccccc3)cc(-c3ccccc3)cc2N(c2nn(-c3ccccn3)c3ccccc23)C1. The second kappa shape index (κ2) is 9.31. The van der Waals surface area contributed by atoms with Crippen LogP contribution in [-0.2, 0) is 6.42 Å². The number of rotatable bonds is 4. The first-order chi connectivity index (χ1) is 18.8. The third-order valence-electron chi connectivity index (χ3n) is 7.45. The van der Waals surface area contributed by atoms with Crippen molar-refractivity contribution >= 4 is 22.4 Å². The van der Waals surface area contributed by atoms with Gasteiger partial charge < -0.3 is 4.90 Å². The van der Waals surface area contributed by atoms with Gasteiger partial charge in [-0.3, -0.25) is 0 Å². The molecule has 6 aromatic rings. The Hall–Kier alpha value is -4.70. The Morgan fingerprint density at radius 2 is 1.42 bits per heavy atom. The van der Waals surface area contributed by atoms with E-state index in [9.17, 15) is 0 Å². The summed E-state index contributed by atoms with van der Waals surface area (Å²) in [7, 11) is 0. The number of benzene rings is 4. The molecule has 4 heteroatoms. The van der Waals surface area contributed by atoms with Crippen LogP contribution in [0, 0.1) is 5.92 Å². The van der Waals surface area contributed by atoms with E-state index in [0.29, 0.717) is 5.92 Å². The number of fused-ring (bicyclic) bond motifs is 2. The minimum Gasteiger partial charge on any atom is -0.324 e. The van der Waals surface area contributed by atoms with Crippen LogP contribution in [0.5, 0.6) is 0 Å². The molecule has 4 aromatic carbocycles. The van der Waals surface area contributed by atoms with Gasteiger partial charge in [0.1, 0.15) is 0 Å². The van der Waals surface area contributed by atoms with Crippen LogP contribution in [0.3, 0.4) is 0 Å². The van der Waals surface area contributed by atoms with Crippen LogP contribution in [-0.4, -0.2) is 21.3 Å². The number of anilines is 2. The van der Waals surface area contributed by atoms with Crippen molar-refractivity contribution in [1.82, 2.24) is 14.8 Å². The molecular formula is C34H28N4. The van der Waals surface area contributed by atoms with Gasteiger partial charge in [-0.25, -0.2) is 9.67 Å². The molecule has 0 spiro atoms. The van der Waals surface area contributed by atoms with Crippen LogP contribution >= 0.6 is 0 Å². The molecule has 0 fully saturated rings. The largest absolute Gasteiger partial charge is 0.324 e. The van der Waals surface area contributed by atoms with E-state index in [-0.39, 0.29) is 0 Å². The Balaban J connectivity index is 1.49. The van der Waals surface area contributed by atoms with E-state index in [1.165, 1.54) is 33.5 Å². The number of hydrogen-bond donors (Lipinski definition) is 0. The molecule has 1 atom stereocenters. The monoisotopic (exact) mass is 492 g/mol. The quantitative estimate of drug-likeness (QED) is 0.249. The van der Waals surface area contributed by atoms with E-state index in [2.05, 4.69) is 114 Å². The minimum absolute atomic E-state index is 0.478. The van der Waals surface area contributed by atoms with E-state index in [4.69, 9.17) is 5.10 Å². The van der Waals surface area contributed by atoms with E-state index >= 15 is 0 Å². The minimum atomic E-state index is 0.478. The van der Waals surface area contributed by atoms with Crippen LogP contribution in [0.1, 0.15) is 12.5 Å². The second-order valence-corrected chi connectivity index (χ2v) is 10.1. The average Bonchev–Trinajstić information content (AvgIpc) is 3.37. The van der Waals surface area contributed by atoms with Crippen molar-refractivity contribution < 1.29 is 0 Å². The van der Waals surface area contributed by atoms with Gasteiger partial charge in [0.15, 0.2) is 11.6 Å². The molecule has 4 nitrogen and oxygen atoms in total. The van der Waals surface area contributed by atoms with E-state index < -0.39 is 0 Å². The fourth-order valence-electron chi connectivity index (χ4n) is 5.71. The van der Waals surface area contributed by atoms with Gasteiger partial charge in [-0.2, -0.15) is 0 Å². The normalized spacial score (nSPS) is 15.0. The molecule has 1 aliphatic rings. The van der Waals surface area contributed by atoms with Crippen molar-refractivity contribution in [3.63, 3.8) is 0 Å². The molecule has 2 aromatic heterocycles. The smallest absolute Gasteiger partial charge is 0.163 e. The maximum absolute atomic E-state index is 5.20. The third kappa shape index (κ3) is 3.86. The first kappa shape index (κ1) is 22.5. The Labute approximate surface area is 222 Å². The zero-order chi connectivity index (χ0) is 25.5.